The summed E-state index contributed by atoms with van der Waals surface area (Å²) >= 11 is 0. The number of hydrogen-bond donors (Lipinski definition) is 2. The highest BCUT2D eigenvalue weighted by atomic mass is 16.5. The van der Waals surface area contributed by atoms with E-state index >= 15 is 0 Å². The van der Waals surface area contributed by atoms with E-state index in [-0.39, 0.29) is 29.9 Å². The van der Waals surface area contributed by atoms with E-state index in [1.165, 1.54) is 0 Å². The summed E-state index contributed by atoms with van der Waals surface area (Å²) < 4.78 is 7.48. The van der Waals surface area contributed by atoms with Crippen molar-refractivity contribution < 1.29 is 14.3 Å². The van der Waals surface area contributed by atoms with Crippen LogP contribution in [0.3, 0.4) is 0 Å². The van der Waals surface area contributed by atoms with E-state index in [9.17, 15) is 9.59 Å². The molecular formula is C18H27N5O3. The number of carbonyl (C=O) groups excluding carboxylic acids is 2. The zero-order valence-electron chi connectivity index (χ0n) is 15.3. The van der Waals surface area contributed by atoms with E-state index in [2.05, 4.69) is 15.6 Å². The molecule has 0 radical (unpaired) electrons. The highest BCUT2D eigenvalue weighted by Crippen LogP contribution is 2.35. The van der Waals surface area contributed by atoms with E-state index < -0.39 is 0 Å². The lowest BCUT2D eigenvalue weighted by atomic mass is 9.82. The Labute approximate surface area is 153 Å². The Balaban J connectivity index is 1.43. The summed E-state index contributed by atoms with van der Waals surface area (Å²) in [6, 6.07) is -0.0854. The lowest BCUT2D eigenvalue weighted by Gasteiger charge is -2.40. The van der Waals surface area contributed by atoms with Gasteiger partial charge in [-0.3, -0.25) is 9.59 Å². The first-order chi connectivity index (χ1) is 12.6. The predicted molar refractivity (Wildman–Crippen MR) is 94.5 cm³/mol. The minimum absolute atomic E-state index is 0.0551. The van der Waals surface area contributed by atoms with E-state index in [4.69, 9.17) is 4.74 Å². The molecule has 1 spiro atoms. The van der Waals surface area contributed by atoms with Gasteiger partial charge in [0.1, 0.15) is 6.54 Å². The van der Waals surface area contributed by atoms with Crippen LogP contribution in [-0.4, -0.2) is 65.2 Å². The lowest BCUT2D eigenvalue weighted by Crippen LogP contribution is -2.51. The summed E-state index contributed by atoms with van der Waals surface area (Å²) in [6.45, 7) is 5.89. The average Bonchev–Trinajstić information content (AvgIpc) is 3.20. The molecule has 0 aliphatic carbocycles. The van der Waals surface area contributed by atoms with Crippen molar-refractivity contribution in [3.05, 3.63) is 17.7 Å². The van der Waals surface area contributed by atoms with Gasteiger partial charge in [-0.05, 0) is 19.8 Å². The van der Waals surface area contributed by atoms with E-state index in [0.29, 0.717) is 19.5 Å². The smallest absolute Gasteiger partial charge is 0.240 e. The van der Waals surface area contributed by atoms with Gasteiger partial charge in [-0.1, -0.05) is 0 Å². The molecule has 1 atom stereocenters. The number of rotatable bonds is 4. The molecule has 8 nitrogen and oxygen atoms in total. The Hall–Kier alpha value is -1.93. The Kier molecular flexibility index (Phi) is 4.71. The Morgan fingerprint density at radius 3 is 3.00 bits per heavy atom. The van der Waals surface area contributed by atoms with Crippen LogP contribution in [0.5, 0.6) is 0 Å². The van der Waals surface area contributed by atoms with Crippen LogP contribution in [0.15, 0.2) is 6.33 Å². The third-order valence-electron chi connectivity index (χ3n) is 5.85. The van der Waals surface area contributed by atoms with Crippen LogP contribution in [0, 0.1) is 0 Å². The van der Waals surface area contributed by atoms with Crippen LogP contribution >= 0.6 is 0 Å². The highest BCUT2D eigenvalue weighted by Gasteiger charge is 2.41. The molecule has 2 saturated heterocycles. The number of nitrogens with one attached hydrogen (secondary N) is 2. The molecule has 3 aliphatic rings. The molecule has 26 heavy (non-hydrogen) atoms. The number of likely N-dealkylation sites (N-methyl/N-ethyl adjacent to an activating group) is 1. The van der Waals surface area contributed by atoms with Crippen LogP contribution < -0.4 is 10.6 Å². The standard InChI is InChI=1S/C18H27N5O3/c1-2-22-10-13(9-16(22)25)21-15(24)11-23-12-19-17-14(23)3-6-20-18(17)4-7-26-8-5-18/h12-13,20H,2-11H2,1H3,(H,21,24). The zero-order chi connectivity index (χ0) is 18.1. The third-order valence-corrected chi connectivity index (χ3v) is 5.85. The number of amides is 2. The quantitative estimate of drug-likeness (QED) is 0.774. The lowest BCUT2D eigenvalue weighted by molar-refractivity contribution is -0.127. The first-order valence-corrected chi connectivity index (χ1v) is 9.56. The number of nitrogens with zero attached hydrogens (tertiary/aromatic N) is 3. The van der Waals surface area contributed by atoms with Crippen molar-refractivity contribution in [3.8, 4) is 0 Å². The first-order valence-electron chi connectivity index (χ1n) is 9.56. The fourth-order valence-corrected chi connectivity index (χ4v) is 4.45. The Bertz CT molecular complexity index is 695. The van der Waals surface area contributed by atoms with Gasteiger partial charge in [0.15, 0.2) is 0 Å². The second-order valence-corrected chi connectivity index (χ2v) is 7.44. The van der Waals surface area contributed by atoms with Gasteiger partial charge in [0.2, 0.25) is 11.8 Å². The van der Waals surface area contributed by atoms with Gasteiger partial charge in [-0.2, -0.15) is 0 Å². The average molecular weight is 361 g/mol. The van der Waals surface area contributed by atoms with Crippen molar-refractivity contribution in [1.82, 2.24) is 25.1 Å². The summed E-state index contributed by atoms with van der Waals surface area (Å²) in [5.74, 6) is 0.0610. The highest BCUT2D eigenvalue weighted by molar-refractivity contribution is 5.82. The summed E-state index contributed by atoms with van der Waals surface area (Å²) in [6.07, 6.45) is 4.89. The third kappa shape index (κ3) is 3.12. The molecule has 2 N–H and O–H groups in total. The summed E-state index contributed by atoms with van der Waals surface area (Å²) in [5.41, 5.74) is 2.12. The molecule has 3 aliphatic heterocycles. The minimum atomic E-state index is -0.104. The number of likely N-dealkylation sites (tertiary alicyclic amines) is 1. The van der Waals surface area contributed by atoms with E-state index in [0.717, 1.165) is 50.4 Å². The number of fused-ring (bicyclic) bond motifs is 2. The molecule has 4 heterocycles. The van der Waals surface area contributed by atoms with Gasteiger partial charge in [0, 0.05) is 51.4 Å². The van der Waals surface area contributed by atoms with Gasteiger partial charge in [0.05, 0.1) is 23.6 Å². The maximum atomic E-state index is 12.5. The number of imidazole rings is 1. The Morgan fingerprint density at radius 1 is 1.46 bits per heavy atom. The topological polar surface area (TPSA) is 88.5 Å². The maximum Gasteiger partial charge on any atom is 0.240 e. The predicted octanol–water partition coefficient (Wildman–Crippen LogP) is -0.228. The van der Waals surface area contributed by atoms with E-state index in [1.807, 2.05) is 11.5 Å². The first kappa shape index (κ1) is 17.5. The van der Waals surface area contributed by atoms with Gasteiger partial charge < -0.3 is 24.8 Å². The number of ether oxygens (including phenoxy) is 1. The molecule has 142 valence electrons. The number of aromatic nitrogens is 2. The normalized spacial score (nSPS) is 24.7. The monoisotopic (exact) mass is 361 g/mol. The molecule has 1 aromatic rings. The molecule has 8 heteroatoms. The van der Waals surface area contributed by atoms with Crippen molar-refractivity contribution in [2.24, 2.45) is 0 Å². The van der Waals surface area contributed by atoms with Crippen molar-refractivity contribution in [2.45, 2.75) is 50.7 Å². The number of carbonyl (C=O) groups is 2. The fraction of sp³-hybridized carbons (Fsp3) is 0.722. The summed E-state index contributed by atoms with van der Waals surface area (Å²) in [4.78, 5) is 30.8. The summed E-state index contributed by atoms with van der Waals surface area (Å²) in [5, 5.41) is 6.64. The second kappa shape index (κ2) is 7.00. The van der Waals surface area contributed by atoms with E-state index in [1.54, 1.807) is 11.2 Å². The molecule has 4 rings (SSSR count). The van der Waals surface area contributed by atoms with Crippen molar-refractivity contribution >= 4 is 11.8 Å². The Morgan fingerprint density at radius 2 is 2.27 bits per heavy atom. The molecule has 0 aromatic carbocycles. The molecule has 2 amide bonds. The molecule has 1 aromatic heterocycles. The van der Waals surface area contributed by atoms with Gasteiger partial charge in [-0.15, -0.1) is 0 Å². The number of hydrogen-bond acceptors (Lipinski definition) is 5. The SMILES string of the molecule is CCN1CC(NC(=O)Cn2cnc3c2CCNC32CCOCC2)CC1=O. The molecule has 0 bridgehead atoms. The van der Waals surface area contributed by atoms with Crippen LogP contribution in [0.1, 0.15) is 37.6 Å². The molecule has 1 unspecified atom stereocenters. The molecule has 0 saturated carbocycles. The largest absolute Gasteiger partial charge is 0.381 e. The molecule has 2 fully saturated rings. The van der Waals surface area contributed by atoms with Crippen LogP contribution in [-0.2, 0) is 32.8 Å². The van der Waals surface area contributed by atoms with Gasteiger partial charge >= 0.3 is 0 Å². The van der Waals surface area contributed by atoms with Crippen LogP contribution in [0.25, 0.3) is 0 Å². The van der Waals surface area contributed by atoms with Gasteiger partial charge in [0.25, 0.3) is 0 Å². The van der Waals surface area contributed by atoms with Crippen molar-refractivity contribution in [1.29, 1.82) is 0 Å². The van der Waals surface area contributed by atoms with Crippen molar-refractivity contribution in [3.63, 3.8) is 0 Å². The van der Waals surface area contributed by atoms with Crippen LogP contribution in [0.4, 0.5) is 0 Å². The summed E-state index contributed by atoms with van der Waals surface area (Å²) in [7, 11) is 0. The second-order valence-electron chi connectivity index (χ2n) is 7.44. The maximum absolute atomic E-state index is 12.5. The zero-order valence-corrected chi connectivity index (χ0v) is 15.3. The van der Waals surface area contributed by atoms with Crippen molar-refractivity contribution in [2.75, 3.05) is 32.8 Å². The van der Waals surface area contributed by atoms with Crippen LogP contribution in [0.2, 0.25) is 0 Å². The van der Waals surface area contributed by atoms with Gasteiger partial charge in [-0.25, -0.2) is 4.98 Å². The minimum Gasteiger partial charge on any atom is -0.381 e. The molecular weight excluding hydrogens is 334 g/mol. The fourth-order valence-electron chi connectivity index (χ4n) is 4.45.